The summed E-state index contributed by atoms with van der Waals surface area (Å²) in [5.74, 6) is 0. The normalized spacial score (nSPS) is 40.1. The van der Waals surface area contributed by atoms with E-state index in [4.69, 9.17) is 9.47 Å². The Hall–Kier alpha value is -0.900. The molecule has 4 atom stereocenters. The number of aliphatic hydroxyl groups excluding tert-OH is 1. The predicted octanol–water partition coefficient (Wildman–Crippen LogP) is 3.29. The highest BCUT2D eigenvalue weighted by molar-refractivity contribution is 5.17. The van der Waals surface area contributed by atoms with Crippen LogP contribution in [0.4, 0.5) is 0 Å². The minimum absolute atomic E-state index is 0.00594. The molecule has 4 unspecified atom stereocenters. The van der Waals surface area contributed by atoms with E-state index in [9.17, 15) is 5.11 Å². The molecule has 0 radical (unpaired) electrons. The summed E-state index contributed by atoms with van der Waals surface area (Å²) < 4.78 is 12.1. The molecule has 110 valence electrons. The Balaban J connectivity index is 1.78. The average Bonchev–Trinajstić information content (AvgIpc) is 2.40. The molecule has 1 aromatic carbocycles. The minimum atomic E-state index is -0.310. The van der Waals surface area contributed by atoms with Crippen LogP contribution in [0, 0.1) is 10.8 Å². The van der Waals surface area contributed by atoms with E-state index in [1.807, 2.05) is 30.3 Å². The lowest BCUT2D eigenvalue weighted by Gasteiger charge is -2.53. The number of hydrogen-bond donors (Lipinski definition) is 1. The second kappa shape index (κ2) is 4.83. The van der Waals surface area contributed by atoms with E-state index in [2.05, 4.69) is 20.8 Å². The molecule has 2 aliphatic rings. The number of aliphatic hydroxyl groups is 1. The van der Waals surface area contributed by atoms with Crippen LogP contribution < -0.4 is 0 Å². The molecule has 1 saturated carbocycles. The van der Waals surface area contributed by atoms with Crippen LogP contribution in [-0.2, 0) is 9.47 Å². The van der Waals surface area contributed by atoms with Crippen LogP contribution in [0.25, 0.3) is 0 Å². The van der Waals surface area contributed by atoms with Crippen LogP contribution in [0.3, 0.4) is 0 Å². The van der Waals surface area contributed by atoms with E-state index in [0.29, 0.717) is 13.0 Å². The molecule has 3 rings (SSSR count). The lowest BCUT2D eigenvalue weighted by molar-refractivity contribution is -0.295. The van der Waals surface area contributed by atoms with Crippen LogP contribution in [0.2, 0.25) is 0 Å². The molecule has 1 aliphatic heterocycles. The molecule has 0 bridgehead atoms. The van der Waals surface area contributed by atoms with Crippen molar-refractivity contribution in [3.8, 4) is 0 Å². The van der Waals surface area contributed by atoms with Crippen molar-refractivity contribution in [2.45, 2.75) is 52.1 Å². The molecule has 0 aromatic heterocycles. The van der Waals surface area contributed by atoms with Gasteiger partial charge in [0.25, 0.3) is 0 Å². The van der Waals surface area contributed by atoms with Crippen molar-refractivity contribution in [2.75, 3.05) is 6.61 Å². The fourth-order valence-corrected chi connectivity index (χ4v) is 3.68. The summed E-state index contributed by atoms with van der Waals surface area (Å²) in [6.45, 7) is 7.16. The molecular formula is C17H24O3. The SMILES string of the molecule is CC1(C)CC2(C)COC(c3ccccc3)OC2CC1O. The van der Waals surface area contributed by atoms with Crippen molar-refractivity contribution in [1.82, 2.24) is 0 Å². The first-order valence-corrected chi connectivity index (χ1v) is 7.41. The fourth-order valence-electron chi connectivity index (χ4n) is 3.68. The monoisotopic (exact) mass is 276 g/mol. The summed E-state index contributed by atoms with van der Waals surface area (Å²) in [7, 11) is 0. The van der Waals surface area contributed by atoms with E-state index in [1.165, 1.54) is 0 Å². The first kappa shape index (κ1) is 14.1. The zero-order chi connectivity index (χ0) is 14.4. The summed E-state index contributed by atoms with van der Waals surface area (Å²) in [5, 5.41) is 10.3. The van der Waals surface area contributed by atoms with E-state index >= 15 is 0 Å². The van der Waals surface area contributed by atoms with E-state index in [1.54, 1.807) is 0 Å². The topological polar surface area (TPSA) is 38.7 Å². The number of hydrogen-bond acceptors (Lipinski definition) is 3. The Kier molecular flexibility index (Phi) is 3.39. The largest absolute Gasteiger partial charge is 0.392 e. The highest BCUT2D eigenvalue weighted by atomic mass is 16.7. The van der Waals surface area contributed by atoms with Crippen molar-refractivity contribution < 1.29 is 14.6 Å². The summed E-state index contributed by atoms with van der Waals surface area (Å²) >= 11 is 0. The van der Waals surface area contributed by atoms with Gasteiger partial charge < -0.3 is 14.6 Å². The first-order valence-electron chi connectivity index (χ1n) is 7.41. The van der Waals surface area contributed by atoms with Crippen molar-refractivity contribution in [1.29, 1.82) is 0 Å². The lowest BCUT2D eigenvalue weighted by atomic mass is 9.61. The molecule has 3 heteroatoms. The molecule has 1 N–H and O–H groups in total. The van der Waals surface area contributed by atoms with Gasteiger partial charge in [-0.3, -0.25) is 0 Å². The van der Waals surface area contributed by atoms with Gasteiger partial charge >= 0.3 is 0 Å². The average molecular weight is 276 g/mol. The summed E-state index contributed by atoms with van der Waals surface area (Å²) in [6, 6.07) is 10.0. The maximum atomic E-state index is 10.3. The second-order valence-electron chi connectivity index (χ2n) is 7.25. The van der Waals surface area contributed by atoms with Crippen LogP contribution in [0.15, 0.2) is 30.3 Å². The maximum absolute atomic E-state index is 10.3. The Labute approximate surface area is 120 Å². The van der Waals surface area contributed by atoms with Gasteiger partial charge in [-0.25, -0.2) is 0 Å². The third-order valence-electron chi connectivity index (χ3n) is 4.90. The van der Waals surface area contributed by atoms with Gasteiger partial charge in [-0.15, -0.1) is 0 Å². The zero-order valence-electron chi connectivity index (χ0n) is 12.5. The molecule has 0 spiro atoms. The Morgan fingerprint density at radius 3 is 2.55 bits per heavy atom. The van der Waals surface area contributed by atoms with Crippen molar-refractivity contribution in [3.63, 3.8) is 0 Å². The standard InChI is InChI=1S/C17H24O3/c1-16(2)10-17(3)11-19-15(12-7-5-4-6-8-12)20-14(17)9-13(16)18/h4-8,13-15,18H,9-11H2,1-3H3. The first-order chi connectivity index (χ1) is 9.41. The van der Waals surface area contributed by atoms with Crippen LogP contribution in [0.1, 0.15) is 45.5 Å². The Morgan fingerprint density at radius 2 is 1.85 bits per heavy atom. The molecule has 3 nitrogen and oxygen atoms in total. The summed E-state index contributed by atoms with van der Waals surface area (Å²) in [5.41, 5.74) is 0.972. The third kappa shape index (κ3) is 2.39. The van der Waals surface area contributed by atoms with E-state index < -0.39 is 0 Å². The van der Waals surface area contributed by atoms with Gasteiger partial charge in [0.15, 0.2) is 6.29 Å². The van der Waals surface area contributed by atoms with Gasteiger partial charge in [0.2, 0.25) is 0 Å². The number of fused-ring (bicyclic) bond motifs is 1. The second-order valence-corrected chi connectivity index (χ2v) is 7.25. The van der Waals surface area contributed by atoms with Crippen LogP contribution in [0.5, 0.6) is 0 Å². The molecule has 1 heterocycles. The van der Waals surface area contributed by atoms with Gasteiger partial charge in [0.05, 0.1) is 18.8 Å². The van der Waals surface area contributed by atoms with Crippen LogP contribution in [-0.4, -0.2) is 23.9 Å². The Bertz CT molecular complexity index is 470. The fraction of sp³-hybridized carbons (Fsp3) is 0.647. The predicted molar refractivity (Wildman–Crippen MR) is 77.1 cm³/mol. The smallest absolute Gasteiger partial charge is 0.184 e. The van der Waals surface area contributed by atoms with Gasteiger partial charge in [0, 0.05) is 17.4 Å². The van der Waals surface area contributed by atoms with Crippen molar-refractivity contribution >= 4 is 0 Å². The highest BCUT2D eigenvalue weighted by Gasteiger charge is 2.52. The lowest BCUT2D eigenvalue weighted by Crippen LogP contribution is -2.55. The number of benzene rings is 1. The minimum Gasteiger partial charge on any atom is -0.392 e. The molecular weight excluding hydrogens is 252 g/mol. The summed E-state index contributed by atoms with van der Waals surface area (Å²) in [6.07, 6.45) is 1.06. The van der Waals surface area contributed by atoms with Crippen molar-refractivity contribution in [2.24, 2.45) is 10.8 Å². The molecule has 2 fully saturated rings. The molecule has 1 aromatic rings. The quantitative estimate of drug-likeness (QED) is 0.855. The molecule has 1 aliphatic carbocycles. The van der Waals surface area contributed by atoms with Gasteiger partial charge in [-0.1, -0.05) is 51.1 Å². The highest BCUT2D eigenvalue weighted by Crippen LogP contribution is 2.51. The third-order valence-corrected chi connectivity index (χ3v) is 4.90. The maximum Gasteiger partial charge on any atom is 0.184 e. The van der Waals surface area contributed by atoms with E-state index in [0.717, 1.165) is 12.0 Å². The van der Waals surface area contributed by atoms with Crippen molar-refractivity contribution in [3.05, 3.63) is 35.9 Å². The molecule has 0 amide bonds. The molecule has 20 heavy (non-hydrogen) atoms. The summed E-state index contributed by atoms with van der Waals surface area (Å²) in [4.78, 5) is 0. The van der Waals surface area contributed by atoms with E-state index in [-0.39, 0.29) is 29.3 Å². The Morgan fingerprint density at radius 1 is 1.15 bits per heavy atom. The number of ether oxygens (including phenoxy) is 2. The molecule has 1 saturated heterocycles. The van der Waals surface area contributed by atoms with Gasteiger partial charge in [-0.05, 0) is 11.8 Å². The number of rotatable bonds is 1. The van der Waals surface area contributed by atoms with Gasteiger partial charge in [0.1, 0.15) is 0 Å². The van der Waals surface area contributed by atoms with Crippen LogP contribution >= 0.6 is 0 Å². The zero-order valence-corrected chi connectivity index (χ0v) is 12.5. The van der Waals surface area contributed by atoms with Gasteiger partial charge in [-0.2, -0.15) is 0 Å².